The summed E-state index contributed by atoms with van der Waals surface area (Å²) < 4.78 is 11.5. The first-order chi connectivity index (χ1) is 12.7. The Morgan fingerprint density at radius 3 is 2.46 bits per heavy atom. The fraction of sp³-hybridized carbons (Fsp3) is 0.591. The highest BCUT2D eigenvalue weighted by Gasteiger charge is 2.50. The lowest BCUT2D eigenvalue weighted by atomic mass is 9.78. The molecule has 1 aliphatic heterocycles. The van der Waals surface area contributed by atoms with Gasteiger partial charge in [-0.2, -0.15) is 0 Å². The summed E-state index contributed by atoms with van der Waals surface area (Å²) in [4.78, 5) is 12.2. The van der Waals surface area contributed by atoms with Crippen molar-refractivity contribution in [1.82, 2.24) is 0 Å². The van der Waals surface area contributed by atoms with Gasteiger partial charge in [-0.15, -0.1) is 0 Å². The van der Waals surface area contributed by atoms with E-state index in [1.165, 1.54) is 0 Å². The van der Waals surface area contributed by atoms with Crippen LogP contribution in [0.1, 0.15) is 71.3 Å². The van der Waals surface area contributed by atoms with Crippen molar-refractivity contribution in [1.29, 1.82) is 0 Å². The van der Waals surface area contributed by atoms with E-state index in [4.69, 9.17) is 9.47 Å². The van der Waals surface area contributed by atoms with Gasteiger partial charge in [-0.05, 0) is 83.4 Å². The lowest BCUT2D eigenvalue weighted by Gasteiger charge is -2.45. The molecule has 3 rings (SSSR count). The molecule has 0 aromatic heterocycles. The molecule has 6 heteroatoms. The van der Waals surface area contributed by atoms with Gasteiger partial charge in [-0.3, -0.25) is 5.32 Å². The Kier molecular flexibility index (Phi) is 4.89. The van der Waals surface area contributed by atoms with Crippen molar-refractivity contribution in [3.8, 4) is 0 Å². The summed E-state index contributed by atoms with van der Waals surface area (Å²) in [7, 11) is 0. The molecule has 2 atom stereocenters. The van der Waals surface area contributed by atoms with Crippen molar-refractivity contribution in [2.24, 2.45) is 5.92 Å². The zero-order chi connectivity index (χ0) is 21.1. The van der Waals surface area contributed by atoms with Crippen LogP contribution in [0.15, 0.2) is 18.2 Å². The van der Waals surface area contributed by atoms with Crippen LogP contribution in [0, 0.1) is 5.92 Å². The van der Waals surface area contributed by atoms with Gasteiger partial charge in [0.15, 0.2) is 0 Å². The molecular formula is C22H31NO5. The number of fused-ring (bicyclic) bond motifs is 3. The maximum Gasteiger partial charge on any atom is 0.412 e. The van der Waals surface area contributed by atoms with Crippen LogP contribution in [0.25, 0.3) is 5.57 Å². The third kappa shape index (κ3) is 3.81. The van der Waals surface area contributed by atoms with E-state index in [0.717, 1.165) is 11.1 Å². The Hall–Kier alpha value is -1.89. The SMILES string of the molecule is CC(C)(C)OC(=O)Nc1cc2c(cc1CO)C1=CC(C)(C)OC(C)(C)[C@H]1[C@@H]2O. The minimum absolute atomic E-state index is 0.223. The molecule has 2 aliphatic rings. The van der Waals surface area contributed by atoms with E-state index in [0.29, 0.717) is 16.8 Å². The first-order valence-corrected chi connectivity index (χ1v) is 9.63. The quantitative estimate of drug-likeness (QED) is 0.707. The van der Waals surface area contributed by atoms with Gasteiger partial charge in [0.25, 0.3) is 0 Å². The number of aliphatic hydroxyl groups is 2. The molecule has 0 unspecified atom stereocenters. The summed E-state index contributed by atoms with van der Waals surface area (Å²) >= 11 is 0. The number of hydrogen-bond acceptors (Lipinski definition) is 5. The molecule has 0 spiro atoms. The molecule has 1 amide bonds. The predicted molar refractivity (Wildman–Crippen MR) is 108 cm³/mol. The third-order valence-electron chi connectivity index (χ3n) is 5.14. The molecule has 0 radical (unpaired) electrons. The van der Waals surface area contributed by atoms with Crippen LogP contribution >= 0.6 is 0 Å². The van der Waals surface area contributed by atoms with Crippen molar-refractivity contribution >= 4 is 17.4 Å². The van der Waals surface area contributed by atoms with Crippen molar-refractivity contribution in [2.75, 3.05) is 5.32 Å². The minimum atomic E-state index is -0.765. The molecule has 0 saturated carbocycles. The maximum atomic E-state index is 12.2. The second kappa shape index (κ2) is 6.58. The van der Waals surface area contributed by atoms with E-state index in [1.807, 2.05) is 39.8 Å². The standard InChI is InChI=1S/C22H31NO5/c1-20(2,3)27-19(26)23-16-9-14-13(8-12(16)11-24)15-10-21(4,5)28-22(6,7)17(15)18(14)25/h8-10,17-18,24-25H,11H2,1-7H3,(H,23,26)/t17-,18-/m1/s1. The van der Waals surface area contributed by atoms with Crippen molar-refractivity contribution in [3.05, 3.63) is 34.9 Å². The van der Waals surface area contributed by atoms with Gasteiger partial charge in [-0.25, -0.2) is 4.79 Å². The number of carbonyl (C=O) groups is 1. The lowest BCUT2D eigenvalue weighted by Crippen LogP contribution is -2.46. The second-order valence-electron chi connectivity index (χ2n) is 9.71. The topological polar surface area (TPSA) is 88.0 Å². The number of hydrogen-bond donors (Lipinski definition) is 3. The molecular weight excluding hydrogens is 358 g/mol. The highest BCUT2D eigenvalue weighted by atomic mass is 16.6. The minimum Gasteiger partial charge on any atom is -0.444 e. The van der Waals surface area contributed by atoms with Gasteiger partial charge in [0.2, 0.25) is 0 Å². The first kappa shape index (κ1) is 20.8. The first-order valence-electron chi connectivity index (χ1n) is 9.63. The number of nitrogens with one attached hydrogen (secondary N) is 1. The monoisotopic (exact) mass is 389 g/mol. The average Bonchev–Trinajstić information content (AvgIpc) is 2.75. The Morgan fingerprint density at radius 1 is 1.25 bits per heavy atom. The normalized spacial score (nSPS) is 24.8. The van der Waals surface area contributed by atoms with E-state index in [2.05, 4.69) is 5.32 Å². The summed E-state index contributed by atoms with van der Waals surface area (Å²) in [5.41, 5.74) is 1.96. The van der Waals surface area contributed by atoms with Gasteiger partial charge in [0.05, 0.1) is 23.9 Å². The Morgan fingerprint density at radius 2 is 1.89 bits per heavy atom. The number of benzene rings is 1. The average molecular weight is 389 g/mol. The predicted octanol–water partition coefficient (Wildman–Crippen LogP) is 4.16. The van der Waals surface area contributed by atoms with E-state index < -0.39 is 29.0 Å². The number of anilines is 1. The molecule has 0 fully saturated rings. The number of amides is 1. The Bertz CT molecular complexity index is 832. The van der Waals surface area contributed by atoms with Crippen LogP contribution in [0.5, 0.6) is 0 Å². The van der Waals surface area contributed by atoms with Gasteiger partial charge in [0, 0.05) is 17.2 Å². The molecule has 3 N–H and O–H groups in total. The van der Waals surface area contributed by atoms with Crippen LogP contribution < -0.4 is 5.32 Å². The van der Waals surface area contributed by atoms with E-state index >= 15 is 0 Å². The third-order valence-corrected chi connectivity index (χ3v) is 5.14. The molecule has 0 saturated heterocycles. The van der Waals surface area contributed by atoms with Crippen molar-refractivity contribution in [3.63, 3.8) is 0 Å². The molecule has 28 heavy (non-hydrogen) atoms. The fourth-order valence-corrected chi connectivity index (χ4v) is 4.40. The smallest absolute Gasteiger partial charge is 0.412 e. The van der Waals surface area contributed by atoms with Crippen LogP contribution in [-0.2, 0) is 16.1 Å². The zero-order valence-corrected chi connectivity index (χ0v) is 17.7. The fourth-order valence-electron chi connectivity index (χ4n) is 4.40. The Balaban J connectivity index is 2.05. The Labute approximate surface area is 166 Å². The highest BCUT2D eigenvalue weighted by molar-refractivity contribution is 5.88. The zero-order valence-electron chi connectivity index (χ0n) is 17.7. The number of carbonyl (C=O) groups excluding carboxylic acids is 1. The van der Waals surface area contributed by atoms with Crippen LogP contribution in [0.3, 0.4) is 0 Å². The summed E-state index contributed by atoms with van der Waals surface area (Å²) in [6.45, 7) is 13.1. The van der Waals surface area contributed by atoms with Crippen LogP contribution in [-0.4, -0.2) is 33.1 Å². The summed E-state index contributed by atoms with van der Waals surface area (Å²) in [5.74, 6) is -0.223. The number of aliphatic hydroxyl groups excluding tert-OH is 2. The molecule has 154 valence electrons. The van der Waals surface area contributed by atoms with Gasteiger partial charge < -0.3 is 19.7 Å². The molecule has 6 nitrogen and oxygen atoms in total. The number of rotatable bonds is 2. The summed E-state index contributed by atoms with van der Waals surface area (Å²) in [6, 6.07) is 3.58. The maximum absolute atomic E-state index is 12.2. The summed E-state index contributed by atoms with van der Waals surface area (Å²) in [5, 5.41) is 23.6. The van der Waals surface area contributed by atoms with Crippen molar-refractivity contribution < 1.29 is 24.5 Å². The molecule has 1 aromatic carbocycles. The van der Waals surface area contributed by atoms with Crippen LogP contribution in [0.4, 0.5) is 10.5 Å². The van der Waals surface area contributed by atoms with Crippen molar-refractivity contribution in [2.45, 2.75) is 78.0 Å². The molecule has 0 bridgehead atoms. The molecule has 1 aliphatic carbocycles. The van der Waals surface area contributed by atoms with Gasteiger partial charge >= 0.3 is 6.09 Å². The van der Waals surface area contributed by atoms with Gasteiger partial charge in [0.1, 0.15) is 5.60 Å². The van der Waals surface area contributed by atoms with E-state index in [1.54, 1.807) is 26.8 Å². The van der Waals surface area contributed by atoms with Gasteiger partial charge in [-0.1, -0.05) is 0 Å². The molecule has 1 heterocycles. The highest BCUT2D eigenvalue weighted by Crippen LogP contribution is 2.55. The second-order valence-corrected chi connectivity index (χ2v) is 9.71. The molecule has 1 aromatic rings. The van der Waals surface area contributed by atoms with Crippen LogP contribution in [0.2, 0.25) is 0 Å². The van der Waals surface area contributed by atoms with E-state index in [9.17, 15) is 15.0 Å². The number of ether oxygens (including phenoxy) is 2. The summed E-state index contributed by atoms with van der Waals surface area (Å²) in [6.07, 6.45) is 0.676. The van der Waals surface area contributed by atoms with E-state index in [-0.39, 0.29) is 12.5 Å². The largest absolute Gasteiger partial charge is 0.444 e. The lowest BCUT2D eigenvalue weighted by molar-refractivity contribution is -0.142.